The Bertz CT molecular complexity index is 1010. The minimum atomic E-state index is -3.48. The maximum Gasteiger partial charge on any atom is 0.239 e. The zero-order chi connectivity index (χ0) is 19.0. The van der Waals surface area contributed by atoms with Crippen LogP contribution in [-0.4, -0.2) is 33.5 Å². The summed E-state index contributed by atoms with van der Waals surface area (Å²) in [5.41, 5.74) is 4.30. The number of benzene rings is 2. The van der Waals surface area contributed by atoms with Crippen LogP contribution in [0.25, 0.3) is 6.08 Å². The van der Waals surface area contributed by atoms with Crippen molar-refractivity contribution in [1.29, 1.82) is 0 Å². The first-order chi connectivity index (χ1) is 13.0. The van der Waals surface area contributed by atoms with Crippen molar-refractivity contribution in [3.63, 3.8) is 0 Å². The van der Waals surface area contributed by atoms with Gasteiger partial charge in [0, 0.05) is 13.1 Å². The minimum absolute atomic E-state index is 0.358. The standard InChI is InChI=1S/C21H23NO4S/c1-25-20-12-17-9-10-22(14-18(17)13-21(20)26-2)27(23,24)19-8-7-15-5-3-4-6-16(15)11-19/h3-6,11-13H,7-10,14H2,1-2H3. The van der Waals surface area contributed by atoms with E-state index in [-0.39, 0.29) is 0 Å². The van der Waals surface area contributed by atoms with Crippen molar-refractivity contribution in [2.75, 3.05) is 20.8 Å². The molecule has 1 heterocycles. The normalized spacial score (nSPS) is 16.9. The van der Waals surface area contributed by atoms with Crippen LogP contribution in [0.2, 0.25) is 0 Å². The second kappa shape index (κ2) is 7.02. The average Bonchev–Trinajstić information content (AvgIpc) is 2.71. The van der Waals surface area contributed by atoms with Gasteiger partial charge in [-0.15, -0.1) is 0 Å². The molecule has 27 heavy (non-hydrogen) atoms. The van der Waals surface area contributed by atoms with E-state index in [4.69, 9.17) is 9.47 Å². The lowest BCUT2D eigenvalue weighted by Gasteiger charge is -2.30. The molecule has 6 heteroatoms. The van der Waals surface area contributed by atoms with Crippen LogP contribution in [0.3, 0.4) is 0 Å². The van der Waals surface area contributed by atoms with Crippen molar-refractivity contribution in [2.45, 2.75) is 25.8 Å². The summed E-state index contributed by atoms with van der Waals surface area (Å²) in [7, 11) is -0.286. The summed E-state index contributed by atoms with van der Waals surface area (Å²) in [6.45, 7) is 0.834. The molecular weight excluding hydrogens is 362 g/mol. The highest BCUT2D eigenvalue weighted by Crippen LogP contribution is 2.36. The largest absolute Gasteiger partial charge is 0.493 e. The fraction of sp³-hybridized carbons (Fsp3) is 0.333. The van der Waals surface area contributed by atoms with Crippen LogP contribution in [0, 0.1) is 0 Å². The van der Waals surface area contributed by atoms with Gasteiger partial charge < -0.3 is 9.47 Å². The summed E-state index contributed by atoms with van der Waals surface area (Å²) in [6.07, 6.45) is 3.81. The van der Waals surface area contributed by atoms with Crippen LogP contribution in [0.1, 0.15) is 28.7 Å². The topological polar surface area (TPSA) is 55.8 Å². The van der Waals surface area contributed by atoms with Gasteiger partial charge in [-0.25, -0.2) is 8.42 Å². The summed E-state index contributed by atoms with van der Waals surface area (Å²) >= 11 is 0. The Hall–Kier alpha value is -2.31. The lowest BCUT2D eigenvalue weighted by Crippen LogP contribution is -2.37. The van der Waals surface area contributed by atoms with Gasteiger partial charge in [-0.05, 0) is 59.7 Å². The van der Waals surface area contributed by atoms with Gasteiger partial charge in [0.25, 0.3) is 0 Å². The summed E-state index contributed by atoms with van der Waals surface area (Å²) in [5, 5.41) is 0. The zero-order valence-electron chi connectivity index (χ0n) is 15.6. The Morgan fingerprint density at radius 1 is 0.889 bits per heavy atom. The number of ether oxygens (including phenoxy) is 2. The molecule has 2 aliphatic rings. The van der Waals surface area contributed by atoms with Crippen LogP contribution in [0.15, 0.2) is 41.3 Å². The highest BCUT2D eigenvalue weighted by atomic mass is 32.2. The molecular formula is C21H23NO4S. The van der Waals surface area contributed by atoms with E-state index in [0.717, 1.165) is 23.1 Å². The molecule has 5 nitrogen and oxygen atoms in total. The highest BCUT2D eigenvalue weighted by molar-refractivity contribution is 7.93. The number of hydrogen-bond donors (Lipinski definition) is 0. The second-order valence-electron chi connectivity index (χ2n) is 6.87. The Morgan fingerprint density at radius 3 is 2.33 bits per heavy atom. The Morgan fingerprint density at radius 2 is 1.59 bits per heavy atom. The molecule has 2 aromatic carbocycles. The number of rotatable bonds is 4. The molecule has 0 fully saturated rings. The molecule has 0 atom stereocenters. The van der Waals surface area contributed by atoms with E-state index in [2.05, 4.69) is 6.07 Å². The molecule has 0 saturated heterocycles. The molecule has 0 amide bonds. The number of nitrogens with zero attached hydrogens (tertiary/aromatic N) is 1. The summed E-state index contributed by atoms with van der Waals surface area (Å²) in [6, 6.07) is 11.8. The second-order valence-corrected chi connectivity index (χ2v) is 8.86. The van der Waals surface area contributed by atoms with Gasteiger partial charge in [0.1, 0.15) is 0 Å². The van der Waals surface area contributed by atoms with Crippen molar-refractivity contribution in [2.24, 2.45) is 0 Å². The lowest BCUT2D eigenvalue weighted by atomic mass is 9.98. The van der Waals surface area contributed by atoms with Crippen LogP contribution in [-0.2, 0) is 29.4 Å². The van der Waals surface area contributed by atoms with Gasteiger partial charge in [-0.3, -0.25) is 0 Å². The maximum atomic E-state index is 13.2. The highest BCUT2D eigenvalue weighted by Gasteiger charge is 2.31. The molecule has 0 radical (unpaired) electrons. The van der Waals surface area contributed by atoms with Crippen molar-refractivity contribution in [3.05, 3.63) is 63.6 Å². The first kappa shape index (κ1) is 18.1. The van der Waals surface area contributed by atoms with Gasteiger partial charge >= 0.3 is 0 Å². The molecule has 2 aromatic rings. The quantitative estimate of drug-likeness (QED) is 0.810. The van der Waals surface area contributed by atoms with E-state index in [0.29, 0.717) is 42.3 Å². The van der Waals surface area contributed by atoms with Crippen LogP contribution < -0.4 is 9.47 Å². The lowest BCUT2D eigenvalue weighted by molar-refractivity contribution is 0.349. The molecule has 1 aliphatic carbocycles. The van der Waals surface area contributed by atoms with E-state index in [1.165, 1.54) is 5.56 Å². The summed E-state index contributed by atoms with van der Waals surface area (Å²) in [4.78, 5) is 0.505. The molecule has 0 aromatic heterocycles. The van der Waals surface area contributed by atoms with E-state index in [9.17, 15) is 8.42 Å². The number of hydrogen-bond acceptors (Lipinski definition) is 4. The fourth-order valence-corrected chi connectivity index (χ4v) is 5.45. The molecule has 0 unspecified atom stereocenters. The Kier molecular flexibility index (Phi) is 4.70. The molecule has 4 rings (SSSR count). The molecule has 0 bridgehead atoms. The van der Waals surface area contributed by atoms with Crippen LogP contribution in [0.4, 0.5) is 0 Å². The number of sulfonamides is 1. The van der Waals surface area contributed by atoms with Gasteiger partial charge in [0.15, 0.2) is 11.5 Å². The smallest absolute Gasteiger partial charge is 0.239 e. The van der Waals surface area contributed by atoms with E-state index < -0.39 is 10.0 Å². The monoisotopic (exact) mass is 385 g/mol. The SMILES string of the molecule is COc1cc2c(cc1OC)CN(S(=O)(=O)C1=Cc3ccccc3CC1)CC2. The van der Waals surface area contributed by atoms with Crippen molar-refractivity contribution in [1.82, 2.24) is 4.31 Å². The van der Waals surface area contributed by atoms with E-state index >= 15 is 0 Å². The molecule has 0 spiro atoms. The van der Waals surface area contributed by atoms with Gasteiger partial charge in [0.05, 0.1) is 19.1 Å². The van der Waals surface area contributed by atoms with Crippen molar-refractivity contribution < 1.29 is 17.9 Å². The zero-order valence-corrected chi connectivity index (χ0v) is 16.4. The average molecular weight is 385 g/mol. The Labute approximate surface area is 160 Å². The predicted octanol–water partition coefficient (Wildman–Crippen LogP) is 3.38. The fourth-order valence-electron chi connectivity index (χ4n) is 3.84. The molecule has 0 saturated carbocycles. The first-order valence-electron chi connectivity index (χ1n) is 9.05. The third kappa shape index (κ3) is 3.24. The van der Waals surface area contributed by atoms with E-state index in [1.807, 2.05) is 36.4 Å². The number of aryl methyl sites for hydroxylation is 1. The summed E-state index contributed by atoms with van der Waals surface area (Å²) < 4.78 is 38.8. The maximum absolute atomic E-state index is 13.2. The number of fused-ring (bicyclic) bond motifs is 2. The third-order valence-corrected chi connectivity index (χ3v) is 7.34. The number of methoxy groups -OCH3 is 2. The van der Waals surface area contributed by atoms with Gasteiger partial charge in [0.2, 0.25) is 10.0 Å². The summed E-state index contributed by atoms with van der Waals surface area (Å²) in [5.74, 6) is 1.31. The van der Waals surface area contributed by atoms with E-state index in [1.54, 1.807) is 18.5 Å². The third-order valence-electron chi connectivity index (χ3n) is 5.37. The Balaban J connectivity index is 1.64. The predicted molar refractivity (Wildman–Crippen MR) is 105 cm³/mol. The number of allylic oxidation sites excluding steroid dienone is 1. The van der Waals surface area contributed by atoms with Crippen molar-refractivity contribution >= 4 is 16.1 Å². The molecule has 0 N–H and O–H groups in total. The van der Waals surface area contributed by atoms with Crippen LogP contribution >= 0.6 is 0 Å². The minimum Gasteiger partial charge on any atom is -0.493 e. The van der Waals surface area contributed by atoms with Gasteiger partial charge in [-0.2, -0.15) is 4.31 Å². The first-order valence-corrected chi connectivity index (χ1v) is 10.5. The molecule has 1 aliphatic heterocycles. The van der Waals surface area contributed by atoms with Crippen molar-refractivity contribution in [3.8, 4) is 11.5 Å². The van der Waals surface area contributed by atoms with Gasteiger partial charge in [-0.1, -0.05) is 24.3 Å². The van der Waals surface area contributed by atoms with Crippen LogP contribution in [0.5, 0.6) is 11.5 Å². The molecule has 142 valence electrons.